The van der Waals surface area contributed by atoms with Crippen molar-refractivity contribution in [1.29, 1.82) is 0 Å². The van der Waals surface area contributed by atoms with Gasteiger partial charge in [-0.05, 0) is 95.2 Å². The molecule has 46 heavy (non-hydrogen) atoms. The van der Waals surface area contributed by atoms with Crippen molar-refractivity contribution in [3.05, 3.63) is 54.6 Å². The molecule has 0 bridgehead atoms. The van der Waals surface area contributed by atoms with Crippen molar-refractivity contribution in [3.63, 3.8) is 0 Å². The van der Waals surface area contributed by atoms with E-state index in [-0.39, 0.29) is 18.9 Å². The van der Waals surface area contributed by atoms with Crippen LogP contribution in [0.1, 0.15) is 65.7 Å². The molecule has 2 fully saturated rings. The normalized spacial score (nSPS) is 20.4. The standard InChI is InChI=1S/C37H50N2O6S/c1-37(2,3)45-32(40)26-42-25-28-18-16-27(17-19-28)24-39-35(29-11-6-5-7-12-29)34(30-13-10-14-31(23-30)41-4)36(38-39)46-22-21-44-33-15-8-9-20-43-33/h5-7,10-14,23,27-28,33H,8-9,15-22,24-26H2,1-4H3. The summed E-state index contributed by atoms with van der Waals surface area (Å²) in [5, 5.41) is 6.29. The second kappa shape index (κ2) is 16.8. The van der Waals surface area contributed by atoms with Crippen LogP contribution in [0.5, 0.6) is 5.75 Å². The molecule has 0 amide bonds. The summed E-state index contributed by atoms with van der Waals surface area (Å²) in [6.45, 7) is 8.47. The van der Waals surface area contributed by atoms with Crippen LogP contribution in [0.4, 0.5) is 0 Å². The highest BCUT2D eigenvalue weighted by Crippen LogP contribution is 2.42. The van der Waals surface area contributed by atoms with Crippen molar-refractivity contribution in [2.75, 3.05) is 39.3 Å². The number of rotatable bonds is 14. The summed E-state index contributed by atoms with van der Waals surface area (Å²) >= 11 is 1.74. The first kappa shape index (κ1) is 34.5. The van der Waals surface area contributed by atoms with E-state index in [1.807, 2.05) is 32.9 Å². The molecule has 250 valence electrons. The van der Waals surface area contributed by atoms with E-state index in [0.717, 1.165) is 97.0 Å². The van der Waals surface area contributed by atoms with Crippen LogP contribution in [-0.2, 0) is 30.3 Å². The Morgan fingerprint density at radius 3 is 2.46 bits per heavy atom. The number of methoxy groups -OCH3 is 1. The topological polar surface area (TPSA) is 81.0 Å². The second-order valence-electron chi connectivity index (χ2n) is 13.3. The van der Waals surface area contributed by atoms with E-state index < -0.39 is 5.60 Å². The maximum atomic E-state index is 12.0. The van der Waals surface area contributed by atoms with Gasteiger partial charge in [0.2, 0.25) is 0 Å². The molecule has 0 radical (unpaired) electrons. The van der Waals surface area contributed by atoms with Crippen molar-refractivity contribution >= 4 is 17.7 Å². The van der Waals surface area contributed by atoms with Gasteiger partial charge >= 0.3 is 5.97 Å². The van der Waals surface area contributed by atoms with Crippen molar-refractivity contribution in [2.45, 2.75) is 89.2 Å². The van der Waals surface area contributed by atoms with Gasteiger partial charge in [0.25, 0.3) is 0 Å². The Morgan fingerprint density at radius 1 is 0.978 bits per heavy atom. The monoisotopic (exact) mass is 650 g/mol. The Bertz CT molecular complexity index is 1370. The third kappa shape index (κ3) is 10.1. The predicted molar refractivity (Wildman–Crippen MR) is 182 cm³/mol. The molecule has 1 aliphatic heterocycles. The molecule has 1 saturated carbocycles. The van der Waals surface area contributed by atoms with E-state index in [2.05, 4.69) is 47.1 Å². The third-order valence-corrected chi connectivity index (χ3v) is 9.41. The van der Waals surface area contributed by atoms with E-state index in [9.17, 15) is 4.79 Å². The SMILES string of the molecule is COc1cccc(-c2c(SCCOC3CCCCO3)nn(CC3CCC(COCC(=O)OC(C)(C)C)CC3)c2-c2ccccc2)c1. The van der Waals surface area contributed by atoms with Gasteiger partial charge in [-0.3, -0.25) is 4.68 Å². The first-order valence-electron chi connectivity index (χ1n) is 16.8. The highest BCUT2D eigenvalue weighted by Gasteiger charge is 2.27. The van der Waals surface area contributed by atoms with E-state index in [1.54, 1.807) is 18.9 Å². The lowest BCUT2D eigenvalue weighted by Gasteiger charge is -2.29. The predicted octanol–water partition coefficient (Wildman–Crippen LogP) is 8.03. The first-order chi connectivity index (χ1) is 22.3. The van der Waals surface area contributed by atoms with Crippen LogP contribution >= 0.6 is 11.8 Å². The third-order valence-electron chi connectivity index (χ3n) is 8.48. The van der Waals surface area contributed by atoms with Gasteiger partial charge in [0, 0.05) is 30.0 Å². The maximum absolute atomic E-state index is 12.0. The number of benzene rings is 2. The van der Waals surface area contributed by atoms with E-state index in [4.69, 9.17) is 28.8 Å². The second-order valence-corrected chi connectivity index (χ2v) is 14.4. The summed E-state index contributed by atoms with van der Waals surface area (Å²) in [6, 6.07) is 18.9. The van der Waals surface area contributed by atoms with Crippen molar-refractivity contribution in [2.24, 2.45) is 11.8 Å². The molecule has 1 saturated heterocycles. The molecule has 1 atom stereocenters. The highest BCUT2D eigenvalue weighted by atomic mass is 32.2. The summed E-state index contributed by atoms with van der Waals surface area (Å²) in [5.41, 5.74) is 4.01. The number of aromatic nitrogens is 2. The van der Waals surface area contributed by atoms with Crippen LogP contribution in [0.3, 0.4) is 0 Å². The molecule has 5 rings (SSSR count). The average molecular weight is 651 g/mol. The van der Waals surface area contributed by atoms with Gasteiger partial charge in [0.15, 0.2) is 6.29 Å². The maximum Gasteiger partial charge on any atom is 0.332 e. The fourth-order valence-electron chi connectivity index (χ4n) is 6.27. The number of ether oxygens (including phenoxy) is 5. The summed E-state index contributed by atoms with van der Waals surface area (Å²) in [6.07, 6.45) is 7.48. The smallest absolute Gasteiger partial charge is 0.332 e. The largest absolute Gasteiger partial charge is 0.497 e. The molecule has 2 heterocycles. The summed E-state index contributed by atoms with van der Waals surface area (Å²) < 4.78 is 30.8. The molecule has 1 aromatic heterocycles. The van der Waals surface area contributed by atoms with Crippen LogP contribution in [-0.4, -0.2) is 66.9 Å². The molecule has 2 aliphatic rings. The lowest BCUT2D eigenvalue weighted by atomic mass is 9.82. The Labute approximate surface area is 278 Å². The minimum absolute atomic E-state index is 0.0110. The summed E-state index contributed by atoms with van der Waals surface area (Å²) in [4.78, 5) is 12.0. The van der Waals surface area contributed by atoms with Gasteiger partial charge in [-0.1, -0.05) is 42.5 Å². The van der Waals surface area contributed by atoms with Gasteiger partial charge in [-0.15, -0.1) is 11.8 Å². The fraction of sp³-hybridized carbons (Fsp3) is 0.568. The molecule has 2 aromatic carbocycles. The minimum atomic E-state index is -0.494. The number of thioether (sulfide) groups is 1. The van der Waals surface area contributed by atoms with Crippen molar-refractivity contribution < 1.29 is 28.5 Å². The van der Waals surface area contributed by atoms with Gasteiger partial charge in [-0.25, -0.2) is 4.79 Å². The zero-order chi connectivity index (χ0) is 32.4. The molecule has 1 unspecified atom stereocenters. The number of esters is 1. The zero-order valence-electron chi connectivity index (χ0n) is 27.9. The lowest BCUT2D eigenvalue weighted by molar-refractivity contribution is -0.160. The Balaban J connectivity index is 1.30. The fourth-order valence-corrected chi connectivity index (χ4v) is 7.16. The molecular formula is C37H50N2O6S. The van der Waals surface area contributed by atoms with Crippen molar-refractivity contribution in [1.82, 2.24) is 9.78 Å². The van der Waals surface area contributed by atoms with Crippen LogP contribution < -0.4 is 4.74 Å². The van der Waals surface area contributed by atoms with Crippen LogP contribution in [0.2, 0.25) is 0 Å². The van der Waals surface area contributed by atoms with Crippen molar-refractivity contribution in [3.8, 4) is 28.1 Å². The van der Waals surface area contributed by atoms with Crippen LogP contribution in [0, 0.1) is 11.8 Å². The minimum Gasteiger partial charge on any atom is -0.497 e. The van der Waals surface area contributed by atoms with Gasteiger partial charge in [0.1, 0.15) is 23.0 Å². The van der Waals surface area contributed by atoms with Gasteiger partial charge in [-0.2, -0.15) is 5.10 Å². The summed E-state index contributed by atoms with van der Waals surface area (Å²) in [5.74, 6) is 2.27. The first-order valence-corrected chi connectivity index (χ1v) is 17.7. The highest BCUT2D eigenvalue weighted by molar-refractivity contribution is 7.99. The number of nitrogens with zero attached hydrogens (tertiary/aromatic N) is 2. The molecule has 9 heteroatoms. The molecule has 1 aliphatic carbocycles. The molecule has 8 nitrogen and oxygen atoms in total. The zero-order valence-corrected chi connectivity index (χ0v) is 28.7. The Hall–Kier alpha value is -2.85. The summed E-state index contributed by atoms with van der Waals surface area (Å²) in [7, 11) is 1.71. The molecular weight excluding hydrogens is 600 g/mol. The van der Waals surface area contributed by atoms with E-state index in [0.29, 0.717) is 25.0 Å². The number of carbonyl (C=O) groups excluding carboxylic acids is 1. The molecule has 0 spiro atoms. The van der Waals surface area contributed by atoms with Gasteiger partial charge < -0.3 is 23.7 Å². The van der Waals surface area contributed by atoms with E-state index >= 15 is 0 Å². The number of hydrogen-bond acceptors (Lipinski definition) is 8. The van der Waals surface area contributed by atoms with E-state index in [1.165, 1.54) is 0 Å². The Morgan fingerprint density at radius 2 is 1.74 bits per heavy atom. The quantitative estimate of drug-likeness (QED) is 0.0986. The van der Waals surface area contributed by atoms with Crippen LogP contribution in [0.15, 0.2) is 59.6 Å². The average Bonchev–Trinajstić information content (AvgIpc) is 3.41. The van der Waals surface area contributed by atoms with Crippen LogP contribution in [0.25, 0.3) is 22.4 Å². The molecule has 3 aromatic rings. The lowest BCUT2D eigenvalue weighted by Crippen LogP contribution is -2.28. The van der Waals surface area contributed by atoms with Gasteiger partial charge in [0.05, 0.1) is 26.0 Å². The Kier molecular flexibility index (Phi) is 12.6. The number of hydrogen-bond donors (Lipinski definition) is 0. The molecule has 0 N–H and O–H groups in total. The number of carbonyl (C=O) groups is 1.